The molecule has 0 aliphatic rings. The van der Waals surface area contributed by atoms with Crippen LogP contribution in [0.15, 0.2) is 48.5 Å². The van der Waals surface area contributed by atoms with Gasteiger partial charge in [0, 0.05) is 18.3 Å². The van der Waals surface area contributed by atoms with Gasteiger partial charge in [-0.2, -0.15) is 0 Å². The number of hydrogen-bond donors (Lipinski definition) is 3. The molecule has 5 nitrogen and oxygen atoms in total. The van der Waals surface area contributed by atoms with Gasteiger partial charge in [0.1, 0.15) is 0 Å². The van der Waals surface area contributed by atoms with Gasteiger partial charge in [0.15, 0.2) is 5.11 Å². The van der Waals surface area contributed by atoms with E-state index >= 15 is 0 Å². The zero-order chi connectivity index (χ0) is 20.0. The van der Waals surface area contributed by atoms with Crippen molar-refractivity contribution in [1.82, 2.24) is 5.32 Å². The molecule has 0 spiro atoms. The first-order valence-electron chi connectivity index (χ1n) is 8.71. The molecule has 0 saturated carbocycles. The van der Waals surface area contributed by atoms with Gasteiger partial charge in [-0.25, -0.2) is 0 Å². The highest BCUT2D eigenvalue weighted by atomic mass is 32.1. The van der Waals surface area contributed by atoms with Crippen molar-refractivity contribution in [3.8, 4) is 0 Å². The molecule has 2 aromatic rings. The molecule has 0 heterocycles. The van der Waals surface area contributed by atoms with Gasteiger partial charge in [0.25, 0.3) is 0 Å². The molecule has 0 atom stereocenters. The number of thiocarbonyl (C=S) groups is 1. The number of carbonyl (C=O) groups excluding carboxylic acids is 2. The SMILES string of the molecule is CC(=O)Nc1ccc(CC(=O)NC(=S)Nc2ccc(C(C)(C)C)cc2)cc1. The first-order valence-corrected chi connectivity index (χ1v) is 9.12. The maximum Gasteiger partial charge on any atom is 0.230 e. The fraction of sp³-hybridized carbons (Fsp3) is 0.286. The summed E-state index contributed by atoms with van der Waals surface area (Å²) in [7, 11) is 0. The van der Waals surface area contributed by atoms with Crippen molar-refractivity contribution in [2.24, 2.45) is 0 Å². The van der Waals surface area contributed by atoms with Gasteiger partial charge in [-0.3, -0.25) is 9.59 Å². The molecule has 0 bridgehead atoms. The second kappa shape index (κ2) is 8.77. The van der Waals surface area contributed by atoms with Crippen LogP contribution in [0.4, 0.5) is 11.4 Å². The zero-order valence-corrected chi connectivity index (χ0v) is 16.9. The van der Waals surface area contributed by atoms with Gasteiger partial charge in [-0.1, -0.05) is 45.0 Å². The minimum Gasteiger partial charge on any atom is -0.332 e. The van der Waals surface area contributed by atoms with Crippen molar-refractivity contribution in [1.29, 1.82) is 0 Å². The van der Waals surface area contributed by atoms with Gasteiger partial charge in [0.2, 0.25) is 11.8 Å². The lowest BCUT2D eigenvalue weighted by atomic mass is 9.87. The first kappa shape index (κ1) is 20.6. The average Bonchev–Trinajstić information content (AvgIpc) is 2.55. The number of nitrogens with one attached hydrogen (secondary N) is 3. The molecule has 0 saturated heterocycles. The van der Waals surface area contributed by atoms with Crippen molar-refractivity contribution in [2.75, 3.05) is 10.6 Å². The summed E-state index contributed by atoms with van der Waals surface area (Å²) in [6.07, 6.45) is 0.200. The molecule has 0 fully saturated rings. The van der Waals surface area contributed by atoms with E-state index in [1.54, 1.807) is 24.3 Å². The van der Waals surface area contributed by atoms with E-state index in [1.165, 1.54) is 12.5 Å². The molecule has 2 rings (SSSR count). The lowest BCUT2D eigenvalue weighted by molar-refractivity contribution is -0.119. The van der Waals surface area contributed by atoms with Crippen molar-refractivity contribution in [3.05, 3.63) is 59.7 Å². The van der Waals surface area contributed by atoms with Gasteiger partial charge < -0.3 is 16.0 Å². The van der Waals surface area contributed by atoms with Gasteiger partial charge in [0.05, 0.1) is 6.42 Å². The Kier molecular flexibility index (Phi) is 6.69. The molecule has 2 aromatic carbocycles. The molecule has 27 heavy (non-hydrogen) atoms. The van der Waals surface area contributed by atoms with Gasteiger partial charge in [-0.15, -0.1) is 0 Å². The van der Waals surface area contributed by atoms with E-state index in [0.717, 1.165) is 11.3 Å². The molecule has 0 aromatic heterocycles. The van der Waals surface area contributed by atoms with Crippen LogP contribution in [0.25, 0.3) is 0 Å². The maximum atomic E-state index is 12.2. The number of hydrogen-bond acceptors (Lipinski definition) is 3. The van der Waals surface area contributed by atoms with E-state index in [2.05, 4.69) is 36.7 Å². The van der Waals surface area contributed by atoms with Crippen LogP contribution in [0.3, 0.4) is 0 Å². The Labute approximate surface area is 165 Å². The van der Waals surface area contributed by atoms with E-state index in [-0.39, 0.29) is 28.8 Å². The monoisotopic (exact) mass is 383 g/mol. The van der Waals surface area contributed by atoms with Crippen LogP contribution in [-0.2, 0) is 21.4 Å². The first-order chi connectivity index (χ1) is 12.6. The van der Waals surface area contributed by atoms with Crippen LogP contribution in [0.5, 0.6) is 0 Å². The number of rotatable bonds is 4. The quantitative estimate of drug-likeness (QED) is 0.698. The Balaban J connectivity index is 1.86. The molecule has 0 radical (unpaired) electrons. The predicted molar refractivity (Wildman–Crippen MR) is 114 cm³/mol. The van der Waals surface area contributed by atoms with Gasteiger partial charge >= 0.3 is 0 Å². The lowest BCUT2D eigenvalue weighted by Gasteiger charge is -2.19. The number of carbonyl (C=O) groups is 2. The van der Waals surface area contributed by atoms with E-state index in [4.69, 9.17) is 12.2 Å². The summed E-state index contributed by atoms with van der Waals surface area (Å²) in [4.78, 5) is 23.2. The fourth-order valence-corrected chi connectivity index (χ4v) is 2.71. The van der Waals surface area contributed by atoms with E-state index in [1.807, 2.05) is 24.3 Å². The molecule has 0 aliphatic heterocycles. The molecule has 6 heteroatoms. The third-order valence-corrected chi connectivity index (χ3v) is 4.10. The molecule has 142 valence electrons. The Hall–Kier alpha value is -2.73. The van der Waals surface area contributed by atoms with Crippen LogP contribution in [0.1, 0.15) is 38.8 Å². The minimum absolute atomic E-state index is 0.0861. The molecule has 0 aliphatic carbocycles. The Morgan fingerprint density at radius 2 is 1.41 bits per heavy atom. The Morgan fingerprint density at radius 1 is 0.889 bits per heavy atom. The molecule has 2 amide bonds. The lowest BCUT2D eigenvalue weighted by Crippen LogP contribution is -2.35. The summed E-state index contributed by atoms with van der Waals surface area (Å²) < 4.78 is 0. The summed E-state index contributed by atoms with van der Waals surface area (Å²) >= 11 is 5.21. The van der Waals surface area contributed by atoms with Crippen LogP contribution >= 0.6 is 12.2 Å². The summed E-state index contributed by atoms with van der Waals surface area (Å²) in [5, 5.41) is 8.65. The number of benzene rings is 2. The summed E-state index contributed by atoms with van der Waals surface area (Å²) in [6.45, 7) is 7.92. The maximum absolute atomic E-state index is 12.2. The number of anilines is 2. The highest BCUT2D eigenvalue weighted by Gasteiger charge is 2.13. The van der Waals surface area contributed by atoms with E-state index in [0.29, 0.717) is 5.69 Å². The van der Waals surface area contributed by atoms with Crippen LogP contribution < -0.4 is 16.0 Å². The van der Waals surface area contributed by atoms with Crippen LogP contribution in [0.2, 0.25) is 0 Å². The fourth-order valence-electron chi connectivity index (χ4n) is 2.48. The smallest absolute Gasteiger partial charge is 0.230 e. The standard InChI is InChI=1S/C21H25N3O2S/c1-14(25)22-17-9-5-15(6-10-17)13-19(26)24-20(27)23-18-11-7-16(8-12-18)21(2,3)4/h5-12H,13H2,1-4H3,(H,22,25)(H2,23,24,26,27). The summed E-state index contributed by atoms with van der Waals surface area (Å²) in [5.41, 5.74) is 3.67. The van der Waals surface area contributed by atoms with E-state index < -0.39 is 0 Å². The molecular weight excluding hydrogens is 358 g/mol. The third-order valence-electron chi connectivity index (χ3n) is 3.90. The zero-order valence-electron chi connectivity index (χ0n) is 16.1. The topological polar surface area (TPSA) is 70.2 Å². The van der Waals surface area contributed by atoms with Crippen molar-refractivity contribution in [2.45, 2.75) is 39.5 Å². The average molecular weight is 384 g/mol. The highest BCUT2D eigenvalue weighted by molar-refractivity contribution is 7.80. The largest absolute Gasteiger partial charge is 0.332 e. The number of amides is 2. The van der Waals surface area contributed by atoms with Crippen LogP contribution in [-0.4, -0.2) is 16.9 Å². The van der Waals surface area contributed by atoms with Gasteiger partial charge in [-0.05, 0) is 53.0 Å². The van der Waals surface area contributed by atoms with Crippen molar-refractivity contribution in [3.63, 3.8) is 0 Å². The molecule has 0 unspecified atom stereocenters. The van der Waals surface area contributed by atoms with Crippen LogP contribution in [0, 0.1) is 0 Å². The second-order valence-corrected chi connectivity index (χ2v) is 7.79. The van der Waals surface area contributed by atoms with Crippen molar-refractivity contribution >= 4 is 40.5 Å². The summed E-state index contributed by atoms with van der Waals surface area (Å²) in [6, 6.07) is 15.1. The normalized spacial score (nSPS) is 10.8. The third kappa shape index (κ3) is 6.83. The highest BCUT2D eigenvalue weighted by Crippen LogP contribution is 2.23. The molecule has 3 N–H and O–H groups in total. The molecular formula is C21H25N3O2S. The van der Waals surface area contributed by atoms with E-state index in [9.17, 15) is 9.59 Å². The Bertz CT molecular complexity index is 822. The summed E-state index contributed by atoms with van der Waals surface area (Å²) in [5.74, 6) is -0.335. The predicted octanol–water partition coefficient (Wildman–Crippen LogP) is 4.00. The van der Waals surface area contributed by atoms with Crippen molar-refractivity contribution < 1.29 is 9.59 Å². The Morgan fingerprint density at radius 3 is 1.93 bits per heavy atom. The second-order valence-electron chi connectivity index (χ2n) is 7.38. The minimum atomic E-state index is -0.203.